The van der Waals surface area contributed by atoms with Gasteiger partial charge in [0.2, 0.25) is 0 Å². The highest BCUT2D eigenvalue weighted by Gasteiger charge is 2.33. The average Bonchev–Trinajstić information content (AvgIpc) is 2.98. The second-order valence-corrected chi connectivity index (χ2v) is 8.32. The molecule has 0 radical (unpaired) electrons. The summed E-state index contributed by atoms with van der Waals surface area (Å²) in [6.07, 6.45) is 1.65. The van der Waals surface area contributed by atoms with Gasteiger partial charge in [-0.3, -0.25) is 4.79 Å². The molecule has 2 N–H and O–H groups in total. The maximum atomic E-state index is 12.7. The number of hydrogen-bond donors (Lipinski definition) is 2. The van der Waals surface area contributed by atoms with Crippen molar-refractivity contribution >= 4 is 75.2 Å². The van der Waals surface area contributed by atoms with Gasteiger partial charge in [-0.25, -0.2) is 10.2 Å². The molecule has 0 unspecified atom stereocenters. The van der Waals surface area contributed by atoms with Crippen molar-refractivity contribution in [2.45, 2.75) is 0 Å². The molecule has 3 rings (SSSR count). The molecule has 2 aromatic carbocycles. The van der Waals surface area contributed by atoms with Crippen LogP contribution in [-0.4, -0.2) is 35.5 Å². The van der Waals surface area contributed by atoms with Crippen LogP contribution in [0.2, 0.25) is 10.0 Å². The van der Waals surface area contributed by atoms with Crippen molar-refractivity contribution in [2.24, 2.45) is 0 Å². The number of hydrazine groups is 1. The molecule has 11 heteroatoms. The minimum absolute atomic E-state index is 0.191. The number of thioether (sulfide) groups is 1. The second kappa shape index (κ2) is 9.57. The average molecular weight is 484 g/mol. The monoisotopic (exact) mass is 483 g/mol. The lowest BCUT2D eigenvalue weighted by Crippen LogP contribution is -2.46. The zero-order valence-electron chi connectivity index (χ0n) is 15.7. The van der Waals surface area contributed by atoms with E-state index in [4.69, 9.17) is 44.9 Å². The Kier molecular flexibility index (Phi) is 7.09. The van der Waals surface area contributed by atoms with E-state index in [1.807, 2.05) is 0 Å². The number of nitrogens with one attached hydrogen (secondary N) is 2. The van der Waals surface area contributed by atoms with Crippen LogP contribution in [0.1, 0.15) is 5.56 Å². The number of ether oxygens (including phenoxy) is 2. The molecule has 1 saturated heterocycles. The molecule has 0 spiro atoms. The molecule has 2 aromatic rings. The van der Waals surface area contributed by atoms with Gasteiger partial charge in [-0.1, -0.05) is 41.0 Å². The number of anilines is 1. The Morgan fingerprint density at radius 2 is 1.83 bits per heavy atom. The van der Waals surface area contributed by atoms with Crippen molar-refractivity contribution in [1.82, 2.24) is 10.4 Å². The lowest BCUT2D eigenvalue weighted by molar-refractivity contribution is -0.123. The van der Waals surface area contributed by atoms with Gasteiger partial charge in [0, 0.05) is 5.69 Å². The summed E-state index contributed by atoms with van der Waals surface area (Å²) in [7, 11) is 3.06. The van der Waals surface area contributed by atoms with Gasteiger partial charge in [0.05, 0.1) is 29.2 Å². The molecule has 0 atom stereocenters. The van der Waals surface area contributed by atoms with Crippen molar-refractivity contribution in [3.8, 4) is 11.5 Å². The number of nitrogens with zero attached hydrogens (tertiary/aromatic N) is 1. The zero-order chi connectivity index (χ0) is 21.8. The van der Waals surface area contributed by atoms with Crippen LogP contribution in [0.15, 0.2) is 41.3 Å². The van der Waals surface area contributed by atoms with Crippen molar-refractivity contribution in [2.75, 3.05) is 19.5 Å². The summed E-state index contributed by atoms with van der Waals surface area (Å²) in [5.41, 5.74) is 3.55. The first kappa shape index (κ1) is 22.2. The van der Waals surface area contributed by atoms with Crippen molar-refractivity contribution in [3.05, 3.63) is 56.9 Å². The molecule has 0 aliphatic carbocycles. The Labute approximate surface area is 192 Å². The van der Waals surface area contributed by atoms with E-state index in [2.05, 4.69) is 10.7 Å². The number of benzene rings is 2. The quantitative estimate of drug-likeness (QED) is 0.462. The maximum Gasteiger partial charge on any atom is 0.338 e. The van der Waals surface area contributed by atoms with Gasteiger partial charge in [-0.2, -0.15) is 5.01 Å². The predicted octanol–water partition coefficient (Wildman–Crippen LogP) is 4.95. The molecule has 3 amide bonds. The third-order valence-electron chi connectivity index (χ3n) is 3.89. The van der Waals surface area contributed by atoms with E-state index < -0.39 is 11.9 Å². The van der Waals surface area contributed by atoms with Gasteiger partial charge in [0.1, 0.15) is 0 Å². The summed E-state index contributed by atoms with van der Waals surface area (Å²) >= 11 is 18.1. The number of urea groups is 1. The molecule has 1 heterocycles. The van der Waals surface area contributed by atoms with Gasteiger partial charge < -0.3 is 14.8 Å². The molecule has 30 heavy (non-hydrogen) atoms. The van der Waals surface area contributed by atoms with Crippen molar-refractivity contribution < 1.29 is 19.1 Å². The van der Waals surface area contributed by atoms with E-state index >= 15 is 0 Å². The SMILES string of the molecule is COc1ccc(/C=C2/SC(=S)N(NC(=O)Nc3ccc(Cl)c(Cl)c3)C2=O)cc1OC. The first-order valence-electron chi connectivity index (χ1n) is 8.35. The third kappa shape index (κ3) is 4.99. The Morgan fingerprint density at radius 3 is 2.50 bits per heavy atom. The first-order chi connectivity index (χ1) is 14.3. The van der Waals surface area contributed by atoms with E-state index in [1.54, 1.807) is 36.4 Å². The molecule has 1 aliphatic rings. The fraction of sp³-hybridized carbons (Fsp3) is 0.105. The normalized spacial score (nSPS) is 14.8. The summed E-state index contributed by atoms with van der Waals surface area (Å²) in [6.45, 7) is 0. The van der Waals surface area contributed by atoms with E-state index in [-0.39, 0.29) is 9.34 Å². The summed E-state index contributed by atoms with van der Waals surface area (Å²) < 4.78 is 10.7. The minimum atomic E-state index is -0.656. The Bertz CT molecular complexity index is 1060. The highest BCUT2D eigenvalue weighted by molar-refractivity contribution is 8.26. The fourth-order valence-corrected chi connectivity index (χ4v) is 3.97. The topological polar surface area (TPSA) is 79.9 Å². The van der Waals surface area contributed by atoms with E-state index in [0.29, 0.717) is 32.7 Å². The molecule has 0 bridgehead atoms. The molecule has 1 aliphatic heterocycles. The van der Waals surface area contributed by atoms with E-state index in [0.717, 1.165) is 16.8 Å². The number of carbonyl (C=O) groups is 2. The summed E-state index contributed by atoms with van der Waals surface area (Å²) in [4.78, 5) is 25.3. The van der Waals surface area contributed by atoms with Crippen LogP contribution in [0, 0.1) is 0 Å². The number of thiocarbonyl (C=S) groups is 1. The lowest BCUT2D eigenvalue weighted by atomic mass is 10.2. The van der Waals surface area contributed by atoms with Crippen LogP contribution in [0.4, 0.5) is 10.5 Å². The number of hydrogen-bond acceptors (Lipinski definition) is 6. The number of halogens is 2. The highest BCUT2D eigenvalue weighted by Crippen LogP contribution is 2.34. The van der Waals surface area contributed by atoms with Crippen molar-refractivity contribution in [3.63, 3.8) is 0 Å². The molecule has 0 aromatic heterocycles. The van der Waals surface area contributed by atoms with Crippen LogP contribution in [0.5, 0.6) is 11.5 Å². The van der Waals surface area contributed by atoms with Gasteiger partial charge in [-0.05, 0) is 54.2 Å². The minimum Gasteiger partial charge on any atom is -0.493 e. The zero-order valence-corrected chi connectivity index (χ0v) is 18.8. The summed E-state index contributed by atoms with van der Waals surface area (Å²) in [6, 6.07) is 9.20. The Morgan fingerprint density at radius 1 is 1.10 bits per heavy atom. The van der Waals surface area contributed by atoms with Crippen LogP contribution in [-0.2, 0) is 4.79 Å². The van der Waals surface area contributed by atoms with E-state index in [9.17, 15) is 9.59 Å². The molecule has 1 fully saturated rings. The second-order valence-electron chi connectivity index (χ2n) is 5.83. The van der Waals surface area contributed by atoms with Crippen LogP contribution < -0.4 is 20.2 Å². The molecular formula is C19H15Cl2N3O4S2. The smallest absolute Gasteiger partial charge is 0.338 e. The third-order valence-corrected chi connectivity index (χ3v) is 5.93. The summed E-state index contributed by atoms with van der Waals surface area (Å²) in [5.74, 6) is 0.646. The Balaban J connectivity index is 1.72. The molecule has 156 valence electrons. The summed E-state index contributed by atoms with van der Waals surface area (Å²) in [5, 5.41) is 4.21. The Hall–Kier alpha value is -2.46. The first-order valence-corrected chi connectivity index (χ1v) is 10.3. The number of rotatable bonds is 5. The van der Waals surface area contributed by atoms with Gasteiger partial charge in [0.25, 0.3) is 5.91 Å². The van der Waals surface area contributed by atoms with Crippen LogP contribution in [0.3, 0.4) is 0 Å². The number of amides is 3. The molecule has 7 nitrogen and oxygen atoms in total. The fourth-order valence-electron chi connectivity index (χ4n) is 2.49. The van der Waals surface area contributed by atoms with Crippen LogP contribution >= 0.6 is 47.2 Å². The van der Waals surface area contributed by atoms with Gasteiger partial charge in [0.15, 0.2) is 15.8 Å². The number of methoxy groups -OCH3 is 2. The van der Waals surface area contributed by atoms with Gasteiger partial charge >= 0.3 is 6.03 Å². The molecular weight excluding hydrogens is 469 g/mol. The van der Waals surface area contributed by atoms with Crippen molar-refractivity contribution in [1.29, 1.82) is 0 Å². The standard InChI is InChI=1S/C19H15Cl2N3O4S2/c1-27-14-6-3-10(7-15(14)28-2)8-16-17(25)24(19(29)30-16)23-18(26)22-11-4-5-12(20)13(21)9-11/h3-9H,1-2H3,(H2,22,23,26)/b16-8+. The maximum absolute atomic E-state index is 12.7. The van der Waals surface area contributed by atoms with Crippen LogP contribution in [0.25, 0.3) is 6.08 Å². The number of carbonyl (C=O) groups excluding carboxylic acids is 2. The highest BCUT2D eigenvalue weighted by atomic mass is 35.5. The predicted molar refractivity (Wildman–Crippen MR) is 123 cm³/mol. The lowest BCUT2D eigenvalue weighted by Gasteiger charge is -2.16. The van der Waals surface area contributed by atoms with Gasteiger partial charge in [-0.15, -0.1) is 0 Å². The van der Waals surface area contributed by atoms with E-state index in [1.165, 1.54) is 20.3 Å². The molecule has 0 saturated carbocycles. The largest absolute Gasteiger partial charge is 0.493 e.